The van der Waals surface area contributed by atoms with Crippen molar-refractivity contribution in [2.75, 3.05) is 6.56 Å². The molecule has 14 heteroatoms. The number of hydrogen-bond donors (Lipinski definition) is 2. The average molecular weight is 470 g/mol. The van der Waals surface area contributed by atoms with E-state index in [9.17, 15) is 23.7 Å². The van der Waals surface area contributed by atoms with E-state index in [1.807, 2.05) is 0 Å². The van der Waals surface area contributed by atoms with Crippen LogP contribution in [0.1, 0.15) is 22.3 Å². The first-order chi connectivity index (χ1) is 15.2. The van der Waals surface area contributed by atoms with Crippen LogP contribution < -0.4 is 15.8 Å². The van der Waals surface area contributed by atoms with Gasteiger partial charge in [0.05, 0.1) is 16.9 Å². The first-order valence-electron chi connectivity index (χ1n) is 9.71. The van der Waals surface area contributed by atoms with E-state index in [1.54, 1.807) is 0 Å². The Hall–Kier alpha value is -2.08. The lowest BCUT2D eigenvalue weighted by molar-refractivity contribution is -0.179. The third kappa shape index (κ3) is 4.07. The number of ether oxygens (including phenoxy) is 1. The Kier molecular flexibility index (Phi) is 4.43. The number of halogens is 3. The number of phosphoric acid groups is 1. The molecule has 1 aromatic carbocycles. The molecule has 2 N–H and O–H groups in total. The van der Waals surface area contributed by atoms with Gasteiger partial charge in [-0.1, -0.05) is 11.6 Å². The maximum atomic E-state index is 15.6. The predicted molar refractivity (Wildman–Crippen MR) is 96.3 cm³/mol. The fourth-order valence-electron chi connectivity index (χ4n) is 2.71. The largest absolute Gasteiger partial charge is 0.530 e. The highest BCUT2D eigenvalue weighted by Crippen LogP contribution is 2.55. The molecule has 2 aliphatic heterocycles. The van der Waals surface area contributed by atoms with Crippen LogP contribution in [-0.4, -0.2) is 33.2 Å². The van der Waals surface area contributed by atoms with Crippen LogP contribution in [0.2, 0.25) is 5.02 Å². The van der Waals surface area contributed by atoms with Crippen molar-refractivity contribution in [2.24, 2.45) is 0 Å². The van der Waals surface area contributed by atoms with Crippen LogP contribution >= 0.6 is 19.4 Å². The molecule has 2 aromatic rings. The fourth-order valence-corrected chi connectivity index (χ4v) is 4.01. The zero-order valence-electron chi connectivity index (χ0n) is 17.6. The van der Waals surface area contributed by atoms with Crippen LogP contribution in [-0.2, 0) is 25.0 Å². The van der Waals surface area contributed by atoms with Crippen LogP contribution in [0.4, 0.5) is 8.78 Å². The standard InChI is InChI=1S/C16H14ClF2N2O8P/c17-9-1-2-12-8(3-9)6-26-30(25,29-12)27-7-16(19)4-11(22)14(28-16)21-5-10(18)13(23)20-15(21)24/h1-3,5,11,14,22H,4,6-7H2,(H,20,23,24)/t11-,14-,16+,30?/m1/s1/i7D2,14D. The number of alkyl halides is 1. The summed E-state index contributed by atoms with van der Waals surface area (Å²) >= 11 is 5.83. The highest BCUT2D eigenvalue weighted by molar-refractivity contribution is 7.49. The summed E-state index contributed by atoms with van der Waals surface area (Å²) in [6.07, 6.45) is -6.51. The quantitative estimate of drug-likeness (QED) is 0.651. The monoisotopic (exact) mass is 469 g/mol. The van der Waals surface area contributed by atoms with Crippen molar-refractivity contribution in [3.05, 3.63) is 61.6 Å². The van der Waals surface area contributed by atoms with Crippen LogP contribution in [0.25, 0.3) is 0 Å². The molecule has 1 unspecified atom stereocenters. The van der Waals surface area contributed by atoms with E-state index in [0.717, 1.165) is 0 Å². The van der Waals surface area contributed by atoms with Gasteiger partial charge in [-0.2, -0.15) is 4.39 Å². The topological polar surface area (TPSA) is 129 Å². The van der Waals surface area contributed by atoms with Crippen molar-refractivity contribution in [2.45, 2.75) is 31.2 Å². The fraction of sp³-hybridized carbons (Fsp3) is 0.375. The molecule has 1 saturated heterocycles. The van der Waals surface area contributed by atoms with Crippen LogP contribution in [0.15, 0.2) is 34.0 Å². The smallest absolute Gasteiger partial charge is 0.404 e. The summed E-state index contributed by atoms with van der Waals surface area (Å²) < 4.78 is 85.5. The summed E-state index contributed by atoms with van der Waals surface area (Å²) in [6, 6.07) is 4.11. The first kappa shape index (κ1) is 17.6. The van der Waals surface area contributed by atoms with E-state index in [1.165, 1.54) is 23.2 Å². The SMILES string of the molecule is [2H]C([2H])(OP1(=O)OCc2cc(Cl)ccc2O1)[C@]1(F)C[C@@H](O)[C@]([2H])(n2cc(F)c(=O)[nH]c2=O)O1. The van der Waals surface area contributed by atoms with Crippen LogP contribution in [0.3, 0.4) is 0 Å². The number of hydrogen-bond acceptors (Lipinski definition) is 8. The summed E-state index contributed by atoms with van der Waals surface area (Å²) in [5, 5.41) is 10.5. The molecule has 4 atom stereocenters. The number of aliphatic hydroxyl groups excluding tert-OH is 1. The van der Waals surface area contributed by atoms with E-state index in [0.29, 0.717) is 10.6 Å². The van der Waals surface area contributed by atoms with Gasteiger partial charge in [-0.3, -0.25) is 23.4 Å². The molecule has 0 radical (unpaired) electrons. The molecule has 0 aliphatic carbocycles. The number of nitrogens with one attached hydrogen (secondary N) is 1. The molecule has 30 heavy (non-hydrogen) atoms. The summed E-state index contributed by atoms with van der Waals surface area (Å²) in [7, 11) is -4.79. The Morgan fingerprint density at radius 3 is 3.07 bits per heavy atom. The second kappa shape index (κ2) is 7.56. The molecule has 0 amide bonds. The second-order valence-corrected chi connectivity index (χ2v) is 8.21. The van der Waals surface area contributed by atoms with Gasteiger partial charge in [-0.25, -0.2) is 13.8 Å². The molecule has 1 aromatic heterocycles. The van der Waals surface area contributed by atoms with Crippen molar-refractivity contribution in [3.63, 3.8) is 0 Å². The number of aromatic amines is 1. The van der Waals surface area contributed by atoms with Crippen LogP contribution in [0.5, 0.6) is 5.75 Å². The molecule has 2 aliphatic rings. The Morgan fingerprint density at radius 1 is 1.53 bits per heavy atom. The number of fused-ring (bicyclic) bond motifs is 1. The zero-order valence-corrected chi connectivity index (χ0v) is 16.3. The maximum absolute atomic E-state index is 15.6. The molecular weight excluding hydrogens is 453 g/mol. The molecule has 0 spiro atoms. The number of benzene rings is 1. The minimum Gasteiger partial charge on any atom is -0.404 e. The van der Waals surface area contributed by atoms with E-state index >= 15 is 4.39 Å². The molecule has 0 bridgehead atoms. The Labute approximate surface area is 175 Å². The lowest BCUT2D eigenvalue weighted by atomic mass is 10.2. The van der Waals surface area contributed by atoms with Crippen molar-refractivity contribution >= 4 is 19.4 Å². The maximum Gasteiger partial charge on any atom is 0.530 e. The van der Waals surface area contributed by atoms with Gasteiger partial charge in [-0.15, -0.1) is 0 Å². The number of nitrogens with zero attached hydrogens (tertiary/aromatic N) is 1. The van der Waals surface area contributed by atoms with Crippen molar-refractivity contribution in [3.8, 4) is 5.75 Å². The lowest BCUT2D eigenvalue weighted by Gasteiger charge is -2.27. The van der Waals surface area contributed by atoms with Crippen LogP contribution in [0, 0.1) is 5.82 Å². The molecular formula is C16H14ClF2N2O8P. The number of H-pyrrole nitrogens is 1. The van der Waals surface area contributed by atoms with Crippen molar-refractivity contribution in [1.82, 2.24) is 9.55 Å². The van der Waals surface area contributed by atoms with Gasteiger partial charge in [0.25, 0.3) is 5.56 Å². The highest BCUT2D eigenvalue weighted by Gasteiger charge is 2.50. The predicted octanol–water partition coefficient (Wildman–Crippen LogP) is 2.01. The van der Waals surface area contributed by atoms with Gasteiger partial charge in [0.15, 0.2) is 6.20 Å². The minimum absolute atomic E-state index is 0.0293. The number of aliphatic hydroxyl groups is 1. The lowest BCUT2D eigenvalue weighted by Crippen LogP contribution is -2.37. The van der Waals surface area contributed by atoms with Gasteiger partial charge in [0, 0.05) is 17.0 Å². The minimum atomic E-state index is -4.79. The van der Waals surface area contributed by atoms with E-state index < -0.39 is 56.0 Å². The summed E-state index contributed by atoms with van der Waals surface area (Å²) in [6.45, 7) is -4.07. The van der Waals surface area contributed by atoms with Crippen molar-refractivity contribution < 1.29 is 40.9 Å². The third-order valence-corrected chi connectivity index (χ3v) is 5.48. The van der Waals surface area contributed by atoms with Gasteiger partial charge in [0.1, 0.15) is 18.4 Å². The molecule has 1 fully saturated rings. The molecule has 3 heterocycles. The Morgan fingerprint density at radius 2 is 2.30 bits per heavy atom. The van der Waals surface area contributed by atoms with Gasteiger partial charge in [-0.05, 0) is 18.2 Å². The summed E-state index contributed by atoms with van der Waals surface area (Å²) in [5.74, 6) is -5.29. The molecule has 162 valence electrons. The first-order valence-corrected chi connectivity index (χ1v) is 10.0. The van der Waals surface area contributed by atoms with E-state index in [2.05, 4.69) is 4.52 Å². The van der Waals surface area contributed by atoms with E-state index in [-0.39, 0.29) is 23.1 Å². The number of aromatic nitrogens is 2. The molecule has 0 saturated carbocycles. The number of phosphoric ester groups is 1. The normalized spacial score (nSPS) is 35.1. The highest BCUT2D eigenvalue weighted by atomic mass is 35.5. The third-order valence-electron chi connectivity index (χ3n) is 4.06. The Balaban J connectivity index is 1.63. The zero-order chi connectivity index (χ0) is 24.4. The van der Waals surface area contributed by atoms with E-state index in [4.69, 9.17) is 29.5 Å². The number of rotatable bonds is 4. The van der Waals surface area contributed by atoms with Crippen molar-refractivity contribution in [1.29, 1.82) is 0 Å². The van der Waals surface area contributed by atoms with Gasteiger partial charge in [0.2, 0.25) is 11.7 Å². The van der Waals surface area contributed by atoms with Gasteiger partial charge < -0.3 is 14.4 Å². The summed E-state index contributed by atoms with van der Waals surface area (Å²) in [4.78, 5) is 24.7. The second-order valence-electron chi connectivity index (χ2n) is 6.25. The molecule has 10 nitrogen and oxygen atoms in total. The Bertz CT molecular complexity index is 1300. The molecule has 4 rings (SSSR count). The van der Waals surface area contributed by atoms with Gasteiger partial charge >= 0.3 is 13.5 Å². The average Bonchev–Trinajstić information content (AvgIpc) is 2.95. The summed E-state index contributed by atoms with van der Waals surface area (Å²) in [5.41, 5.74) is -2.53.